The van der Waals surface area contributed by atoms with Crippen LogP contribution >= 0.6 is 34.4 Å². The van der Waals surface area contributed by atoms with Gasteiger partial charge in [0.25, 0.3) is 10.0 Å². The zero-order valence-electron chi connectivity index (χ0n) is 15.3. The number of rotatable bonds is 8. The molecule has 1 amide bonds. The lowest BCUT2D eigenvalue weighted by Crippen LogP contribution is -2.24. The van der Waals surface area contributed by atoms with Crippen LogP contribution in [0.2, 0.25) is 0 Å². The Hall–Kier alpha value is -2.29. The lowest BCUT2D eigenvalue weighted by atomic mass is 10.3. The number of hydrogen-bond acceptors (Lipinski definition) is 11. The molecule has 1 atom stereocenters. The standard InChI is InChI=1S/C15H17N7O3S4/c1-3-11(27-15-21-19-13(16)28-15)12(23)17-9-4-6-10(7-5-9)29(24,25)22-14-20-18-8(2)26-14/h4-7,11H,3H2,1-2H3,(H2,16,19)(H,17,23)(H,20,22). The van der Waals surface area contributed by atoms with E-state index in [0.717, 1.165) is 11.3 Å². The number of carbonyl (C=O) groups excluding carboxylic acids is 1. The van der Waals surface area contributed by atoms with Crippen molar-refractivity contribution in [3.63, 3.8) is 0 Å². The van der Waals surface area contributed by atoms with Crippen molar-refractivity contribution in [1.82, 2.24) is 20.4 Å². The highest BCUT2D eigenvalue weighted by Gasteiger charge is 2.21. The van der Waals surface area contributed by atoms with E-state index in [1.165, 1.54) is 47.4 Å². The molecule has 0 fully saturated rings. The van der Waals surface area contributed by atoms with Gasteiger partial charge in [0.05, 0.1) is 10.1 Å². The van der Waals surface area contributed by atoms with E-state index in [1.807, 2.05) is 6.92 Å². The van der Waals surface area contributed by atoms with E-state index < -0.39 is 10.0 Å². The van der Waals surface area contributed by atoms with Crippen molar-refractivity contribution in [3.8, 4) is 0 Å². The number of aromatic nitrogens is 4. The van der Waals surface area contributed by atoms with Crippen LogP contribution in [0.15, 0.2) is 33.5 Å². The summed E-state index contributed by atoms with van der Waals surface area (Å²) in [5.41, 5.74) is 6.05. The van der Waals surface area contributed by atoms with Crippen molar-refractivity contribution < 1.29 is 13.2 Å². The van der Waals surface area contributed by atoms with Crippen LogP contribution in [0, 0.1) is 6.92 Å². The minimum absolute atomic E-state index is 0.0501. The average molecular weight is 472 g/mol. The average Bonchev–Trinajstić information content (AvgIpc) is 3.27. The summed E-state index contributed by atoms with van der Waals surface area (Å²) >= 11 is 3.64. The number of thioether (sulfide) groups is 1. The van der Waals surface area contributed by atoms with Gasteiger partial charge in [0.15, 0.2) is 4.34 Å². The predicted octanol–water partition coefficient (Wildman–Crippen LogP) is 2.59. The third kappa shape index (κ3) is 5.62. The van der Waals surface area contributed by atoms with Crippen molar-refractivity contribution in [3.05, 3.63) is 29.3 Å². The maximum Gasteiger partial charge on any atom is 0.263 e. The Kier molecular flexibility index (Phi) is 6.66. The van der Waals surface area contributed by atoms with Crippen LogP contribution in [-0.4, -0.2) is 40.0 Å². The van der Waals surface area contributed by atoms with Gasteiger partial charge in [-0.3, -0.25) is 9.52 Å². The minimum atomic E-state index is -3.79. The second-order valence-corrected chi connectivity index (χ2v) is 11.0. The molecule has 29 heavy (non-hydrogen) atoms. The van der Waals surface area contributed by atoms with E-state index in [0.29, 0.717) is 26.6 Å². The van der Waals surface area contributed by atoms with E-state index in [2.05, 4.69) is 30.4 Å². The maximum atomic E-state index is 12.5. The van der Waals surface area contributed by atoms with Gasteiger partial charge in [-0.1, -0.05) is 41.4 Å². The molecule has 3 aromatic rings. The molecule has 1 aromatic carbocycles. The fourth-order valence-electron chi connectivity index (χ4n) is 2.16. The van der Waals surface area contributed by atoms with E-state index >= 15 is 0 Å². The van der Waals surface area contributed by atoms with Crippen molar-refractivity contribution in [2.45, 2.75) is 34.8 Å². The number of nitrogens with two attached hydrogens (primary N) is 1. The maximum absolute atomic E-state index is 12.5. The Morgan fingerprint density at radius 3 is 2.45 bits per heavy atom. The lowest BCUT2D eigenvalue weighted by molar-refractivity contribution is -0.115. The first-order valence-corrected chi connectivity index (χ1v) is 12.3. The Morgan fingerprint density at radius 2 is 1.90 bits per heavy atom. The highest BCUT2D eigenvalue weighted by molar-refractivity contribution is 8.02. The smallest absolute Gasteiger partial charge is 0.263 e. The van der Waals surface area contributed by atoms with Crippen LogP contribution in [0.1, 0.15) is 18.4 Å². The molecule has 0 spiro atoms. The van der Waals surface area contributed by atoms with Gasteiger partial charge in [-0.05, 0) is 37.6 Å². The zero-order valence-corrected chi connectivity index (χ0v) is 18.6. The van der Waals surface area contributed by atoms with Crippen molar-refractivity contribution in [2.75, 3.05) is 15.8 Å². The summed E-state index contributed by atoms with van der Waals surface area (Å²) in [6.07, 6.45) is 0.577. The number of hydrogen-bond donors (Lipinski definition) is 3. The molecule has 0 saturated heterocycles. The number of anilines is 3. The van der Waals surface area contributed by atoms with Crippen LogP contribution < -0.4 is 15.8 Å². The third-order valence-corrected chi connectivity index (χ3v) is 7.95. The summed E-state index contributed by atoms with van der Waals surface area (Å²) in [6.45, 7) is 3.62. The summed E-state index contributed by atoms with van der Waals surface area (Å²) in [6, 6.07) is 5.87. The van der Waals surface area contributed by atoms with Gasteiger partial charge in [-0.15, -0.1) is 20.4 Å². The number of nitrogens with zero attached hydrogens (tertiary/aromatic N) is 4. The first kappa shape index (κ1) is 21.4. The molecule has 0 aliphatic carbocycles. The summed E-state index contributed by atoms with van der Waals surface area (Å²) in [4.78, 5) is 12.6. The molecular weight excluding hydrogens is 454 g/mol. The van der Waals surface area contributed by atoms with Crippen LogP contribution in [-0.2, 0) is 14.8 Å². The van der Waals surface area contributed by atoms with E-state index in [4.69, 9.17) is 5.73 Å². The van der Waals surface area contributed by atoms with Crippen LogP contribution in [0.25, 0.3) is 0 Å². The number of amides is 1. The van der Waals surface area contributed by atoms with Gasteiger partial charge in [0.2, 0.25) is 16.2 Å². The van der Waals surface area contributed by atoms with Crippen molar-refractivity contribution in [1.29, 1.82) is 0 Å². The molecule has 10 nitrogen and oxygen atoms in total. The Bertz CT molecular complexity index is 1100. The molecule has 2 aromatic heterocycles. The summed E-state index contributed by atoms with van der Waals surface area (Å²) < 4.78 is 27.8. The molecule has 3 rings (SSSR count). The first-order valence-electron chi connectivity index (χ1n) is 8.26. The zero-order chi connectivity index (χ0) is 21.0. The van der Waals surface area contributed by atoms with Gasteiger partial charge in [-0.25, -0.2) is 8.42 Å². The third-order valence-electron chi connectivity index (χ3n) is 3.51. The van der Waals surface area contributed by atoms with Crippen LogP contribution in [0.3, 0.4) is 0 Å². The SMILES string of the molecule is CCC(Sc1nnc(N)s1)C(=O)Nc1ccc(S(=O)(=O)Nc2nnc(C)s2)cc1. The first-order chi connectivity index (χ1) is 13.8. The highest BCUT2D eigenvalue weighted by atomic mass is 32.2. The number of nitrogens with one attached hydrogen (secondary N) is 2. The summed E-state index contributed by atoms with van der Waals surface area (Å²) in [5.74, 6) is -0.218. The summed E-state index contributed by atoms with van der Waals surface area (Å²) in [7, 11) is -3.79. The molecule has 0 radical (unpaired) electrons. The molecule has 0 aliphatic heterocycles. The van der Waals surface area contributed by atoms with Crippen molar-refractivity contribution in [2.24, 2.45) is 0 Å². The van der Waals surface area contributed by atoms with E-state index in [1.54, 1.807) is 6.92 Å². The Labute approximate surface area is 179 Å². The molecule has 1 unspecified atom stereocenters. The predicted molar refractivity (Wildman–Crippen MR) is 115 cm³/mol. The second-order valence-electron chi connectivity index (χ2n) is 5.67. The number of benzene rings is 1. The molecule has 154 valence electrons. The summed E-state index contributed by atoms with van der Waals surface area (Å²) in [5, 5.41) is 18.8. The van der Waals surface area contributed by atoms with E-state index in [9.17, 15) is 13.2 Å². The van der Waals surface area contributed by atoms with Crippen LogP contribution in [0.4, 0.5) is 16.0 Å². The number of carbonyl (C=O) groups is 1. The van der Waals surface area contributed by atoms with Gasteiger partial charge >= 0.3 is 0 Å². The molecule has 14 heteroatoms. The highest BCUT2D eigenvalue weighted by Crippen LogP contribution is 2.30. The molecule has 0 saturated carbocycles. The number of aryl methyl sites for hydroxylation is 1. The molecule has 0 aliphatic rings. The monoisotopic (exact) mass is 471 g/mol. The molecule has 2 heterocycles. The van der Waals surface area contributed by atoms with Crippen LogP contribution in [0.5, 0.6) is 0 Å². The fourth-order valence-corrected chi connectivity index (χ4v) is 5.79. The van der Waals surface area contributed by atoms with E-state index in [-0.39, 0.29) is 21.2 Å². The van der Waals surface area contributed by atoms with Gasteiger partial charge < -0.3 is 11.1 Å². The van der Waals surface area contributed by atoms with Gasteiger partial charge in [-0.2, -0.15) is 0 Å². The molecule has 0 bridgehead atoms. The normalized spacial score (nSPS) is 12.5. The Morgan fingerprint density at radius 1 is 1.17 bits per heavy atom. The second kappa shape index (κ2) is 9.02. The van der Waals surface area contributed by atoms with Gasteiger partial charge in [0, 0.05) is 5.69 Å². The molecular formula is C15H17N7O3S4. The quantitative estimate of drug-likeness (QED) is 0.421. The topological polar surface area (TPSA) is 153 Å². The minimum Gasteiger partial charge on any atom is -0.374 e. The van der Waals surface area contributed by atoms with Gasteiger partial charge in [0.1, 0.15) is 5.01 Å². The fraction of sp³-hybridized carbons (Fsp3) is 0.267. The number of sulfonamides is 1. The Balaban J connectivity index is 1.65. The van der Waals surface area contributed by atoms with Crippen molar-refractivity contribution >= 4 is 66.3 Å². The lowest BCUT2D eigenvalue weighted by Gasteiger charge is -2.13. The number of nitrogen functional groups attached to an aromatic ring is 1. The molecule has 4 N–H and O–H groups in total. The largest absolute Gasteiger partial charge is 0.374 e.